The highest BCUT2D eigenvalue weighted by Crippen LogP contribution is 2.21. The van der Waals surface area contributed by atoms with E-state index >= 15 is 0 Å². The number of hydrogen-bond acceptors (Lipinski definition) is 4. The molecule has 0 aromatic heterocycles. The van der Waals surface area contributed by atoms with Crippen molar-refractivity contribution < 1.29 is 18.3 Å². The van der Waals surface area contributed by atoms with E-state index in [1.807, 2.05) is 6.92 Å². The number of anilines is 1. The van der Waals surface area contributed by atoms with E-state index in [4.69, 9.17) is 0 Å². The van der Waals surface area contributed by atoms with Crippen LogP contribution in [0.4, 0.5) is 5.69 Å². The summed E-state index contributed by atoms with van der Waals surface area (Å²) in [4.78, 5) is 11.4. The lowest BCUT2D eigenvalue weighted by atomic mass is 10.1. The summed E-state index contributed by atoms with van der Waals surface area (Å²) >= 11 is 0. The Bertz CT molecular complexity index is 641. The van der Waals surface area contributed by atoms with Crippen molar-refractivity contribution in [2.24, 2.45) is 5.92 Å². The maximum Gasteiger partial charge on any atom is 0.337 e. The van der Waals surface area contributed by atoms with E-state index in [0.717, 1.165) is 6.42 Å². The molecule has 3 N–H and O–H groups in total. The van der Waals surface area contributed by atoms with Gasteiger partial charge in [-0.3, -0.25) is 0 Å². The molecule has 0 spiro atoms. The van der Waals surface area contributed by atoms with Gasteiger partial charge in [-0.05, 0) is 43.9 Å². The number of carbonyl (C=O) groups is 1. The highest BCUT2D eigenvalue weighted by Gasteiger charge is 2.20. The molecule has 0 saturated heterocycles. The van der Waals surface area contributed by atoms with Gasteiger partial charge in [0.05, 0.1) is 10.5 Å². The van der Waals surface area contributed by atoms with Gasteiger partial charge in [0, 0.05) is 18.3 Å². The lowest BCUT2D eigenvalue weighted by molar-refractivity contribution is 0.0697. The Hall–Kier alpha value is -1.60. The first kappa shape index (κ1) is 19.4. The molecule has 6 nitrogen and oxygen atoms in total. The molecule has 0 fully saturated rings. The fraction of sp³-hybridized carbons (Fsp3) is 0.562. The van der Waals surface area contributed by atoms with Crippen LogP contribution in [0.2, 0.25) is 0 Å². The number of nitrogens with one attached hydrogen (secondary N) is 2. The summed E-state index contributed by atoms with van der Waals surface area (Å²) in [6, 6.07) is 3.92. The summed E-state index contributed by atoms with van der Waals surface area (Å²) in [6.45, 7) is 8.43. The highest BCUT2D eigenvalue weighted by atomic mass is 32.2. The Morgan fingerprint density at radius 1 is 1.26 bits per heavy atom. The first-order chi connectivity index (χ1) is 10.7. The molecule has 0 heterocycles. The third kappa shape index (κ3) is 5.84. The second-order valence-corrected chi connectivity index (χ2v) is 7.77. The summed E-state index contributed by atoms with van der Waals surface area (Å²) in [7, 11) is -3.72. The van der Waals surface area contributed by atoms with Gasteiger partial charge in [-0.2, -0.15) is 0 Å². The number of hydrogen-bond donors (Lipinski definition) is 3. The van der Waals surface area contributed by atoms with Crippen LogP contribution in [0.25, 0.3) is 0 Å². The van der Waals surface area contributed by atoms with Crippen molar-refractivity contribution in [1.82, 2.24) is 4.72 Å². The van der Waals surface area contributed by atoms with E-state index in [-0.39, 0.29) is 16.5 Å². The van der Waals surface area contributed by atoms with E-state index < -0.39 is 16.0 Å². The molecular formula is C16H26N2O4S. The van der Waals surface area contributed by atoms with Crippen molar-refractivity contribution in [1.29, 1.82) is 0 Å². The SMILES string of the molecule is CC[C@@H](C)NS(=O)(=O)c1ccc(NCCC(C)C)c(C(=O)O)c1. The molecule has 1 aromatic rings. The normalized spacial score (nSPS) is 13.1. The second-order valence-electron chi connectivity index (χ2n) is 6.05. The zero-order chi connectivity index (χ0) is 17.6. The van der Waals surface area contributed by atoms with Crippen molar-refractivity contribution in [2.45, 2.75) is 51.5 Å². The van der Waals surface area contributed by atoms with E-state index in [1.165, 1.54) is 18.2 Å². The van der Waals surface area contributed by atoms with Gasteiger partial charge in [0.15, 0.2) is 0 Å². The Labute approximate surface area is 138 Å². The van der Waals surface area contributed by atoms with Gasteiger partial charge in [0.2, 0.25) is 10.0 Å². The van der Waals surface area contributed by atoms with E-state index in [0.29, 0.717) is 24.6 Å². The number of rotatable bonds is 9. The van der Waals surface area contributed by atoms with Crippen LogP contribution in [0, 0.1) is 5.92 Å². The molecule has 0 amide bonds. The van der Waals surface area contributed by atoms with Crippen LogP contribution < -0.4 is 10.0 Å². The molecular weight excluding hydrogens is 316 g/mol. The number of carboxylic acid groups (broad SMARTS) is 1. The first-order valence-corrected chi connectivity index (χ1v) is 9.29. The largest absolute Gasteiger partial charge is 0.478 e. The minimum Gasteiger partial charge on any atom is -0.478 e. The predicted molar refractivity (Wildman–Crippen MR) is 91.4 cm³/mol. The molecule has 1 atom stereocenters. The van der Waals surface area contributed by atoms with Gasteiger partial charge < -0.3 is 10.4 Å². The maximum atomic E-state index is 12.3. The van der Waals surface area contributed by atoms with Gasteiger partial charge >= 0.3 is 5.97 Å². The van der Waals surface area contributed by atoms with Crippen LogP contribution in [0.3, 0.4) is 0 Å². The summed E-state index contributed by atoms with van der Waals surface area (Å²) in [5.74, 6) is -0.659. The van der Waals surface area contributed by atoms with Gasteiger partial charge in [0.25, 0.3) is 0 Å². The van der Waals surface area contributed by atoms with E-state index in [2.05, 4.69) is 23.9 Å². The van der Waals surface area contributed by atoms with Gasteiger partial charge in [-0.1, -0.05) is 20.8 Å². The molecule has 0 aliphatic heterocycles. The third-order valence-electron chi connectivity index (χ3n) is 3.54. The van der Waals surface area contributed by atoms with Gasteiger partial charge in [0.1, 0.15) is 0 Å². The van der Waals surface area contributed by atoms with Crippen molar-refractivity contribution >= 4 is 21.7 Å². The lowest BCUT2D eigenvalue weighted by Gasteiger charge is -2.15. The van der Waals surface area contributed by atoms with Crippen molar-refractivity contribution in [3.63, 3.8) is 0 Å². The van der Waals surface area contributed by atoms with Crippen molar-refractivity contribution in [3.8, 4) is 0 Å². The molecule has 1 rings (SSSR count). The molecule has 0 aliphatic rings. The topological polar surface area (TPSA) is 95.5 Å². The summed E-state index contributed by atoms with van der Waals surface area (Å²) < 4.78 is 27.1. The smallest absolute Gasteiger partial charge is 0.337 e. The molecule has 130 valence electrons. The minimum atomic E-state index is -3.72. The first-order valence-electron chi connectivity index (χ1n) is 7.81. The highest BCUT2D eigenvalue weighted by molar-refractivity contribution is 7.89. The molecule has 0 aliphatic carbocycles. The molecule has 23 heavy (non-hydrogen) atoms. The summed E-state index contributed by atoms with van der Waals surface area (Å²) in [5.41, 5.74) is 0.390. The molecule has 0 saturated carbocycles. The number of carboxylic acids is 1. The van der Waals surface area contributed by atoms with Crippen LogP contribution in [0.5, 0.6) is 0 Å². The number of aromatic carboxylic acids is 1. The molecule has 0 unspecified atom stereocenters. The van der Waals surface area contributed by atoms with Crippen LogP contribution in [0.1, 0.15) is 50.9 Å². The average molecular weight is 342 g/mol. The fourth-order valence-electron chi connectivity index (χ4n) is 1.93. The van der Waals surface area contributed by atoms with Crippen LogP contribution in [-0.2, 0) is 10.0 Å². The van der Waals surface area contributed by atoms with Crippen LogP contribution in [-0.4, -0.2) is 32.1 Å². The minimum absolute atomic E-state index is 0.0374. The Balaban J connectivity index is 3.06. The molecule has 7 heteroatoms. The average Bonchev–Trinajstić information content (AvgIpc) is 2.46. The Kier molecular flexibility index (Phi) is 7.02. The Morgan fingerprint density at radius 2 is 1.91 bits per heavy atom. The van der Waals surface area contributed by atoms with E-state index in [9.17, 15) is 18.3 Å². The van der Waals surface area contributed by atoms with Crippen molar-refractivity contribution in [2.75, 3.05) is 11.9 Å². The Morgan fingerprint density at radius 3 is 2.43 bits per heavy atom. The number of benzene rings is 1. The number of sulfonamides is 1. The van der Waals surface area contributed by atoms with E-state index in [1.54, 1.807) is 6.92 Å². The summed E-state index contributed by atoms with van der Waals surface area (Å²) in [5, 5.41) is 12.4. The quantitative estimate of drug-likeness (QED) is 0.641. The zero-order valence-corrected chi connectivity index (χ0v) is 14.9. The molecule has 1 aromatic carbocycles. The second kappa shape index (κ2) is 8.31. The maximum absolute atomic E-state index is 12.3. The predicted octanol–water partition coefficient (Wildman–Crippen LogP) is 2.92. The lowest BCUT2D eigenvalue weighted by Crippen LogP contribution is -2.32. The standard InChI is InChI=1S/C16H26N2O4S/c1-5-12(4)18-23(21,22)13-6-7-15(14(10-13)16(19)20)17-9-8-11(2)3/h6-7,10-12,17-18H,5,8-9H2,1-4H3,(H,19,20)/t12-/m1/s1. The summed E-state index contributed by atoms with van der Waals surface area (Å²) in [6.07, 6.45) is 1.55. The van der Waals surface area contributed by atoms with Crippen LogP contribution in [0.15, 0.2) is 23.1 Å². The van der Waals surface area contributed by atoms with Gasteiger partial charge in [-0.15, -0.1) is 0 Å². The molecule has 0 bridgehead atoms. The van der Waals surface area contributed by atoms with Crippen molar-refractivity contribution in [3.05, 3.63) is 23.8 Å². The zero-order valence-electron chi connectivity index (χ0n) is 14.1. The third-order valence-corrected chi connectivity index (χ3v) is 5.12. The van der Waals surface area contributed by atoms with Crippen LogP contribution >= 0.6 is 0 Å². The monoisotopic (exact) mass is 342 g/mol. The molecule has 0 radical (unpaired) electrons. The van der Waals surface area contributed by atoms with Gasteiger partial charge in [-0.25, -0.2) is 17.9 Å². The fourth-order valence-corrected chi connectivity index (χ4v) is 3.29.